The molecule has 0 aliphatic carbocycles. The van der Waals surface area contributed by atoms with Crippen LogP contribution in [0.3, 0.4) is 0 Å². The van der Waals surface area contributed by atoms with Crippen molar-refractivity contribution in [2.75, 3.05) is 31.6 Å². The summed E-state index contributed by atoms with van der Waals surface area (Å²) in [6.45, 7) is 4.54. The highest BCUT2D eigenvalue weighted by atomic mass is 19.4. The predicted octanol–water partition coefficient (Wildman–Crippen LogP) is 2.30. The molecular formula is C14H20F3N3. The Morgan fingerprint density at radius 2 is 2.00 bits per heavy atom. The second-order valence-electron chi connectivity index (χ2n) is 5.32. The lowest BCUT2D eigenvalue weighted by molar-refractivity contribution is -0.138. The Hall–Kier alpha value is -1.27. The van der Waals surface area contributed by atoms with E-state index in [2.05, 4.69) is 23.8 Å². The predicted molar refractivity (Wildman–Crippen MR) is 73.6 cm³/mol. The first-order valence-corrected chi connectivity index (χ1v) is 6.68. The van der Waals surface area contributed by atoms with Crippen molar-refractivity contribution in [3.63, 3.8) is 0 Å². The second-order valence-corrected chi connectivity index (χ2v) is 5.32. The van der Waals surface area contributed by atoms with E-state index in [1.807, 2.05) is 0 Å². The molecule has 112 valence electrons. The molecule has 1 aromatic carbocycles. The summed E-state index contributed by atoms with van der Waals surface area (Å²) in [4.78, 5) is 4.36. The molecule has 0 bridgehead atoms. The van der Waals surface area contributed by atoms with Gasteiger partial charge in [-0.2, -0.15) is 13.2 Å². The van der Waals surface area contributed by atoms with E-state index >= 15 is 0 Å². The van der Waals surface area contributed by atoms with Crippen molar-refractivity contribution in [3.8, 4) is 0 Å². The molecule has 0 aromatic heterocycles. The van der Waals surface area contributed by atoms with Gasteiger partial charge < -0.3 is 15.5 Å². The lowest BCUT2D eigenvalue weighted by Gasteiger charge is -2.39. The molecular weight excluding hydrogens is 267 g/mol. The van der Waals surface area contributed by atoms with E-state index in [9.17, 15) is 13.2 Å². The van der Waals surface area contributed by atoms with E-state index < -0.39 is 11.7 Å². The van der Waals surface area contributed by atoms with E-state index in [0.29, 0.717) is 6.04 Å². The maximum Gasteiger partial charge on any atom is 0.416 e. The third-order valence-corrected chi connectivity index (χ3v) is 3.94. The minimum absolute atomic E-state index is 0.105. The first-order valence-electron chi connectivity index (χ1n) is 6.68. The monoisotopic (exact) mass is 287 g/mol. The van der Waals surface area contributed by atoms with Crippen LogP contribution in [-0.2, 0) is 12.7 Å². The van der Waals surface area contributed by atoms with Crippen LogP contribution in [0.15, 0.2) is 18.2 Å². The lowest BCUT2D eigenvalue weighted by atomic mass is 10.0. The van der Waals surface area contributed by atoms with Gasteiger partial charge in [0.1, 0.15) is 0 Å². The molecule has 1 unspecified atom stereocenters. The average Bonchev–Trinajstić information content (AvgIpc) is 2.40. The molecule has 6 heteroatoms. The Balaban J connectivity index is 2.26. The van der Waals surface area contributed by atoms with E-state index in [1.165, 1.54) is 0 Å². The van der Waals surface area contributed by atoms with Gasteiger partial charge in [0.25, 0.3) is 0 Å². The zero-order valence-electron chi connectivity index (χ0n) is 11.7. The molecule has 1 fully saturated rings. The molecule has 1 saturated heterocycles. The SMILES string of the molecule is CC1CN(c2ccc(C(F)(F)F)c(CN)c2)CCN1C. The standard InChI is InChI=1S/C14H20F3N3/c1-10-9-20(6-5-19(10)2)12-3-4-13(14(15,16)17)11(7-12)8-18/h3-4,7,10H,5-6,8-9,18H2,1-2H3. The van der Waals surface area contributed by atoms with Gasteiger partial charge >= 0.3 is 6.18 Å². The number of rotatable bonds is 2. The Bertz CT molecular complexity index is 473. The van der Waals surface area contributed by atoms with E-state index in [-0.39, 0.29) is 12.1 Å². The number of piperazine rings is 1. The number of nitrogens with zero attached hydrogens (tertiary/aromatic N) is 2. The van der Waals surface area contributed by atoms with Crippen molar-refractivity contribution in [2.45, 2.75) is 25.7 Å². The molecule has 0 saturated carbocycles. The fraction of sp³-hybridized carbons (Fsp3) is 0.571. The third kappa shape index (κ3) is 3.07. The van der Waals surface area contributed by atoms with E-state index in [4.69, 9.17) is 5.73 Å². The smallest absolute Gasteiger partial charge is 0.369 e. The number of hydrogen-bond acceptors (Lipinski definition) is 3. The summed E-state index contributed by atoms with van der Waals surface area (Å²) in [6, 6.07) is 4.63. The third-order valence-electron chi connectivity index (χ3n) is 3.94. The van der Waals surface area contributed by atoms with Crippen LogP contribution in [-0.4, -0.2) is 37.6 Å². The maximum absolute atomic E-state index is 12.8. The van der Waals surface area contributed by atoms with Gasteiger partial charge in [-0.05, 0) is 37.7 Å². The van der Waals surface area contributed by atoms with E-state index in [1.54, 1.807) is 12.1 Å². The normalized spacial score (nSPS) is 21.3. The van der Waals surface area contributed by atoms with Crippen molar-refractivity contribution in [1.29, 1.82) is 0 Å². The summed E-state index contributed by atoms with van der Waals surface area (Å²) in [6.07, 6.45) is -4.34. The molecule has 1 aliphatic rings. The minimum Gasteiger partial charge on any atom is -0.369 e. The van der Waals surface area contributed by atoms with Gasteiger partial charge in [-0.25, -0.2) is 0 Å². The quantitative estimate of drug-likeness (QED) is 0.906. The zero-order valence-corrected chi connectivity index (χ0v) is 11.7. The van der Waals surface area contributed by atoms with Crippen LogP contribution in [0.2, 0.25) is 0 Å². The van der Waals surface area contributed by atoms with Crippen LogP contribution in [0, 0.1) is 0 Å². The summed E-state index contributed by atoms with van der Waals surface area (Å²) in [5, 5.41) is 0. The number of hydrogen-bond donors (Lipinski definition) is 1. The van der Waals surface area contributed by atoms with Crippen molar-refractivity contribution in [1.82, 2.24) is 4.90 Å². The van der Waals surface area contributed by atoms with E-state index in [0.717, 1.165) is 31.4 Å². The first-order chi connectivity index (χ1) is 9.32. The van der Waals surface area contributed by atoms with Gasteiger partial charge in [0.2, 0.25) is 0 Å². The minimum atomic E-state index is -4.34. The van der Waals surface area contributed by atoms with Crippen LogP contribution in [0.25, 0.3) is 0 Å². The molecule has 3 nitrogen and oxygen atoms in total. The molecule has 1 heterocycles. The molecule has 1 atom stereocenters. The van der Waals surface area contributed by atoms with Crippen LogP contribution in [0.4, 0.5) is 18.9 Å². The summed E-state index contributed by atoms with van der Waals surface area (Å²) in [5.41, 5.74) is 5.81. The van der Waals surface area contributed by atoms with Crippen LogP contribution < -0.4 is 10.6 Å². The Labute approximate surface area is 117 Å². The Morgan fingerprint density at radius 3 is 2.55 bits per heavy atom. The van der Waals surface area contributed by atoms with Gasteiger partial charge in [-0.1, -0.05) is 0 Å². The molecule has 0 radical (unpaired) electrons. The van der Waals surface area contributed by atoms with Crippen LogP contribution in [0.5, 0.6) is 0 Å². The van der Waals surface area contributed by atoms with Crippen molar-refractivity contribution in [2.24, 2.45) is 5.73 Å². The highest BCUT2D eigenvalue weighted by Crippen LogP contribution is 2.34. The fourth-order valence-corrected chi connectivity index (χ4v) is 2.51. The highest BCUT2D eigenvalue weighted by Gasteiger charge is 2.33. The van der Waals surface area contributed by atoms with Crippen molar-refractivity contribution < 1.29 is 13.2 Å². The average molecular weight is 287 g/mol. The summed E-state index contributed by atoms with van der Waals surface area (Å²) in [7, 11) is 2.06. The fourth-order valence-electron chi connectivity index (χ4n) is 2.51. The number of nitrogens with two attached hydrogens (primary N) is 1. The summed E-state index contributed by atoms with van der Waals surface area (Å²) in [5.74, 6) is 0. The Kier molecular flexibility index (Phi) is 4.25. The van der Waals surface area contributed by atoms with Gasteiger partial charge in [0, 0.05) is 37.9 Å². The Morgan fingerprint density at radius 1 is 1.30 bits per heavy atom. The summed E-state index contributed by atoms with van der Waals surface area (Å²) >= 11 is 0. The van der Waals surface area contributed by atoms with Gasteiger partial charge in [0.15, 0.2) is 0 Å². The van der Waals surface area contributed by atoms with Crippen molar-refractivity contribution in [3.05, 3.63) is 29.3 Å². The van der Waals surface area contributed by atoms with Gasteiger partial charge in [0.05, 0.1) is 5.56 Å². The van der Waals surface area contributed by atoms with Gasteiger partial charge in [-0.3, -0.25) is 0 Å². The topological polar surface area (TPSA) is 32.5 Å². The molecule has 0 spiro atoms. The summed E-state index contributed by atoms with van der Waals surface area (Å²) < 4.78 is 38.5. The molecule has 20 heavy (non-hydrogen) atoms. The molecule has 2 rings (SSSR count). The lowest BCUT2D eigenvalue weighted by Crippen LogP contribution is -2.50. The number of alkyl halides is 3. The number of anilines is 1. The van der Waals surface area contributed by atoms with Crippen molar-refractivity contribution >= 4 is 5.69 Å². The number of halogens is 3. The maximum atomic E-state index is 12.8. The first kappa shape index (κ1) is 15.1. The van der Waals surface area contributed by atoms with Crippen LogP contribution in [0.1, 0.15) is 18.1 Å². The zero-order chi connectivity index (χ0) is 14.9. The van der Waals surface area contributed by atoms with Crippen LogP contribution >= 0.6 is 0 Å². The highest BCUT2D eigenvalue weighted by molar-refractivity contribution is 5.52. The largest absolute Gasteiger partial charge is 0.416 e. The molecule has 2 N–H and O–H groups in total. The molecule has 1 aliphatic heterocycles. The number of benzene rings is 1. The number of likely N-dealkylation sites (N-methyl/N-ethyl adjacent to an activating group) is 1. The molecule has 1 aromatic rings. The second kappa shape index (κ2) is 5.61. The molecule has 0 amide bonds. The van der Waals surface area contributed by atoms with Gasteiger partial charge in [-0.15, -0.1) is 0 Å².